The smallest absolute Gasteiger partial charge is 0.191 e. The Morgan fingerprint density at radius 2 is 1.87 bits per heavy atom. The quantitative estimate of drug-likeness (QED) is 0.656. The molecule has 6 heteroatoms. The number of nitrogens with one attached hydrogen (secondary N) is 2. The zero-order valence-corrected chi connectivity index (χ0v) is 13.7. The van der Waals surface area contributed by atoms with Crippen molar-refractivity contribution in [1.29, 1.82) is 0 Å². The van der Waals surface area contributed by atoms with Gasteiger partial charge in [-0.3, -0.25) is 4.99 Å². The Kier molecular flexibility index (Phi) is 5.91. The normalized spacial score (nSPS) is 11.2. The number of pyridine rings is 1. The van der Waals surface area contributed by atoms with Crippen LogP contribution in [0.4, 0.5) is 10.2 Å². The van der Waals surface area contributed by atoms with Crippen molar-refractivity contribution in [3.8, 4) is 0 Å². The summed E-state index contributed by atoms with van der Waals surface area (Å²) in [5.41, 5.74) is 1.78. The molecule has 0 atom stereocenters. The molecule has 5 nitrogen and oxygen atoms in total. The first-order valence-electron chi connectivity index (χ1n) is 7.40. The fourth-order valence-corrected chi connectivity index (χ4v) is 2.04. The highest BCUT2D eigenvalue weighted by atomic mass is 19.1. The van der Waals surface area contributed by atoms with Crippen LogP contribution in [-0.4, -0.2) is 32.1 Å². The first-order valence-corrected chi connectivity index (χ1v) is 7.40. The Hall–Kier alpha value is -2.63. The molecule has 0 radical (unpaired) electrons. The molecule has 0 bridgehead atoms. The summed E-state index contributed by atoms with van der Waals surface area (Å²) in [4.78, 5) is 10.7. The van der Waals surface area contributed by atoms with E-state index in [1.807, 2.05) is 43.3 Å². The van der Waals surface area contributed by atoms with Crippen LogP contribution in [0.15, 0.2) is 47.5 Å². The summed E-state index contributed by atoms with van der Waals surface area (Å²) in [6.45, 7) is 1.06. The summed E-state index contributed by atoms with van der Waals surface area (Å²) in [5, 5.41) is 6.36. The molecule has 2 N–H and O–H groups in total. The summed E-state index contributed by atoms with van der Waals surface area (Å²) in [6, 6.07) is 12.4. The molecule has 1 heterocycles. The van der Waals surface area contributed by atoms with Crippen LogP contribution < -0.4 is 15.5 Å². The Labute approximate surface area is 136 Å². The van der Waals surface area contributed by atoms with E-state index in [4.69, 9.17) is 0 Å². The van der Waals surface area contributed by atoms with Gasteiger partial charge in [0.2, 0.25) is 0 Å². The van der Waals surface area contributed by atoms with Crippen LogP contribution in [0.2, 0.25) is 0 Å². The summed E-state index contributed by atoms with van der Waals surface area (Å²) in [6.07, 6.45) is 0. The molecule has 1 aromatic heterocycles. The minimum atomic E-state index is -0.239. The van der Waals surface area contributed by atoms with Crippen LogP contribution in [-0.2, 0) is 13.1 Å². The molecule has 23 heavy (non-hydrogen) atoms. The molecule has 0 aliphatic rings. The van der Waals surface area contributed by atoms with Gasteiger partial charge in [-0.2, -0.15) is 0 Å². The molecule has 2 rings (SSSR count). The maximum Gasteiger partial charge on any atom is 0.191 e. The second-order valence-electron chi connectivity index (χ2n) is 5.29. The van der Waals surface area contributed by atoms with Gasteiger partial charge >= 0.3 is 0 Å². The maximum absolute atomic E-state index is 13.2. The van der Waals surface area contributed by atoms with Crippen LogP contribution in [0.1, 0.15) is 11.3 Å². The second kappa shape index (κ2) is 8.12. The predicted octanol–water partition coefficient (Wildman–Crippen LogP) is 2.15. The van der Waals surface area contributed by atoms with Crippen molar-refractivity contribution in [3.63, 3.8) is 0 Å². The monoisotopic (exact) mass is 315 g/mol. The molecule has 0 saturated carbocycles. The Morgan fingerprint density at radius 1 is 1.13 bits per heavy atom. The standard InChI is InChI=1S/C17H22FN5/c1-19-17(20-11-13-6-4-7-14(18)10-13)21-12-15-8-5-9-16(22-15)23(2)3/h4-10H,11-12H2,1-3H3,(H2,19,20,21). The van der Waals surface area contributed by atoms with Crippen LogP contribution in [0, 0.1) is 5.82 Å². The minimum Gasteiger partial charge on any atom is -0.363 e. The highest BCUT2D eigenvalue weighted by Gasteiger charge is 2.02. The summed E-state index contributed by atoms with van der Waals surface area (Å²) in [7, 11) is 5.61. The van der Waals surface area contributed by atoms with Crippen molar-refractivity contribution in [3.05, 3.63) is 59.5 Å². The highest BCUT2D eigenvalue weighted by Crippen LogP contribution is 2.07. The topological polar surface area (TPSA) is 52.6 Å². The van der Waals surface area contributed by atoms with Crippen molar-refractivity contribution in [1.82, 2.24) is 15.6 Å². The molecular formula is C17H22FN5. The molecule has 0 unspecified atom stereocenters. The third-order valence-corrected chi connectivity index (χ3v) is 3.26. The van der Waals surface area contributed by atoms with Crippen molar-refractivity contribution >= 4 is 11.8 Å². The van der Waals surface area contributed by atoms with Gasteiger partial charge in [-0.05, 0) is 29.8 Å². The van der Waals surface area contributed by atoms with Crippen molar-refractivity contribution in [2.75, 3.05) is 26.0 Å². The second-order valence-corrected chi connectivity index (χ2v) is 5.29. The van der Waals surface area contributed by atoms with Crippen LogP contribution in [0.25, 0.3) is 0 Å². The summed E-state index contributed by atoms with van der Waals surface area (Å²) in [5.74, 6) is 1.32. The van der Waals surface area contributed by atoms with E-state index in [0.717, 1.165) is 17.1 Å². The molecule has 0 spiro atoms. The van der Waals surface area contributed by atoms with Crippen molar-refractivity contribution in [2.45, 2.75) is 13.1 Å². The lowest BCUT2D eigenvalue weighted by Crippen LogP contribution is -2.36. The van der Waals surface area contributed by atoms with E-state index in [0.29, 0.717) is 19.0 Å². The SMILES string of the molecule is CN=C(NCc1cccc(F)c1)NCc1cccc(N(C)C)n1. The molecule has 122 valence electrons. The van der Waals surface area contributed by atoms with Gasteiger partial charge in [0.15, 0.2) is 5.96 Å². The number of halogens is 1. The van der Waals surface area contributed by atoms with E-state index in [1.54, 1.807) is 13.1 Å². The van der Waals surface area contributed by atoms with Gasteiger partial charge in [0.1, 0.15) is 11.6 Å². The number of aromatic nitrogens is 1. The molecule has 0 amide bonds. The third kappa shape index (κ3) is 5.25. The number of benzene rings is 1. The number of rotatable bonds is 5. The molecule has 1 aromatic carbocycles. The zero-order chi connectivity index (χ0) is 16.7. The van der Waals surface area contributed by atoms with Gasteiger partial charge in [-0.15, -0.1) is 0 Å². The fraction of sp³-hybridized carbons (Fsp3) is 0.294. The largest absolute Gasteiger partial charge is 0.363 e. The van der Waals surface area contributed by atoms with Gasteiger partial charge < -0.3 is 15.5 Å². The number of guanidine groups is 1. The lowest BCUT2D eigenvalue weighted by atomic mass is 10.2. The first-order chi connectivity index (χ1) is 11.1. The Bertz CT molecular complexity index is 670. The van der Waals surface area contributed by atoms with E-state index >= 15 is 0 Å². The maximum atomic E-state index is 13.2. The average molecular weight is 315 g/mol. The molecule has 0 aliphatic carbocycles. The molecule has 0 saturated heterocycles. The summed E-state index contributed by atoms with van der Waals surface area (Å²) < 4.78 is 13.2. The van der Waals surface area contributed by atoms with Gasteiger partial charge in [0, 0.05) is 27.7 Å². The Balaban J connectivity index is 1.89. The van der Waals surface area contributed by atoms with Crippen molar-refractivity contribution in [2.24, 2.45) is 4.99 Å². The van der Waals surface area contributed by atoms with Crippen LogP contribution in [0.5, 0.6) is 0 Å². The van der Waals surface area contributed by atoms with E-state index in [2.05, 4.69) is 20.6 Å². The summed E-state index contributed by atoms with van der Waals surface area (Å²) >= 11 is 0. The van der Waals surface area contributed by atoms with Crippen LogP contribution in [0.3, 0.4) is 0 Å². The number of hydrogen-bond acceptors (Lipinski definition) is 3. The van der Waals surface area contributed by atoms with Gasteiger partial charge in [0.25, 0.3) is 0 Å². The lowest BCUT2D eigenvalue weighted by Gasteiger charge is -2.14. The van der Waals surface area contributed by atoms with Crippen LogP contribution >= 0.6 is 0 Å². The minimum absolute atomic E-state index is 0.239. The zero-order valence-electron chi connectivity index (χ0n) is 13.7. The number of nitrogens with zero attached hydrogens (tertiary/aromatic N) is 3. The third-order valence-electron chi connectivity index (χ3n) is 3.26. The molecular weight excluding hydrogens is 293 g/mol. The van der Waals surface area contributed by atoms with Gasteiger partial charge in [-0.25, -0.2) is 9.37 Å². The Morgan fingerprint density at radius 3 is 2.57 bits per heavy atom. The molecule has 2 aromatic rings. The molecule has 0 aliphatic heterocycles. The van der Waals surface area contributed by atoms with Crippen molar-refractivity contribution < 1.29 is 4.39 Å². The fourth-order valence-electron chi connectivity index (χ4n) is 2.04. The van der Waals surface area contributed by atoms with E-state index in [-0.39, 0.29) is 5.82 Å². The number of hydrogen-bond donors (Lipinski definition) is 2. The molecule has 0 fully saturated rings. The lowest BCUT2D eigenvalue weighted by molar-refractivity contribution is 0.624. The number of aliphatic imine (C=N–C) groups is 1. The predicted molar refractivity (Wildman–Crippen MR) is 92.0 cm³/mol. The van der Waals surface area contributed by atoms with Gasteiger partial charge in [0.05, 0.1) is 12.2 Å². The number of anilines is 1. The van der Waals surface area contributed by atoms with E-state index < -0.39 is 0 Å². The first kappa shape index (κ1) is 16.7. The van der Waals surface area contributed by atoms with Gasteiger partial charge in [-0.1, -0.05) is 18.2 Å². The van der Waals surface area contributed by atoms with E-state index in [9.17, 15) is 4.39 Å². The highest BCUT2D eigenvalue weighted by molar-refractivity contribution is 5.79. The van der Waals surface area contributed by atoms with E-state index in [1.165, 1.54) is 12.1 Å². The average Bonchev–Trinajstić information content (AvgIpc) is 2.55.